The van der Waals surface area contributed by atoms with Gasteiger partial charge in [-0.3, -0.25) is 0 Å². The predicted molar refractivity (Wildman–Crippen MR) is 57.1 cm³/mol. The van der Waals surface area contributed by atoms with Gasteiger partial charge in [0.25, 0.3) is 0 Å². The Morgan fingerprint density at radius 2 is 2.07 bits per heavy atom. The third-order valence-electron chi connectivity index (χ3n) is 2.08. The Morgan fingerprint density at radius 1 is 1.29 bits per heavy atom. The lowest BCUT2D eigenvalue weighted by Crippen LogP contribution is -2.03. The lowest BCUT2D eigenvalue weighted by Gasteiger charge is -2.04. The first-order chi connectivity index (χ1) is 6.68. The molecule has 0 spiro atoms. The van der Waals surface area contributed by atoms with Crippen molar-refractivity contribution in [2.24, 2.45) is 0 Å². The first kappa shape index (κ1) is 8.62. The molecule has 0 aliphatic heterocycles. The third-order valence-corrected chi connectivity index (χ3v) is 2.08. The maximum atomic E-state index is 5.76. The first-order valence-electron chi connectivity index (χ1n) is 4.34. The van der Waals surface area contributed by atoms with Crippen molar-refractivity contribution in [1.82, 2.24) is 9.78 Å². The fraction of sp³-hybridized carbons (Fsp3) is 0.100. The number of nitrogens with zero attached hydrogens (tertiary/aromatic N) is 2. The minimum Gasteiger partial charge on any atom is -0.394 e. The molecule has 0 saturated carbocycles. The van der Waals surface area contributed by atoms with E-state index in [9.17, 15) is 0 Å². The van der Waals surface area contributed by atoms with Crippen LogP contribution in [0.5, 0.6) is 0 Å². The Kier molecular flexibility index (Phi) is 1.89. The normalized spacial score (nSPS) is 10.4. The molecule has 0 atom stereocenters. The van der Waals surface area contributed by atoms with E-state index in [4.69, 9.17) is 11.5 Å². The molecule has 1 heterocycles. The van der Waals surface area contributed by atoms with Crippen molar-refractivity contribution >= 4 is 11.5 Å². The Morgan fingerprint density at radius 3 is 2.64 bits per heavy atom. The molecule has 0 aliphatic rings. The number of nitrogens with two attached hydrogens (primary N) is 2. The van der Waals surface area contributed by atoms with E-state index in [1.807, 2.05) is 31.2 Å². The van der Waals surface area contributed by atoms with Crippen LogP contribution in [-0.4, -0.2) is 9.78 Å². The Hall–Kier alpha value is -1.97. The molecule has 0 bridgehead atoms. The smallest absolute Gasteiger partial charge is 0.150 e. The Bertz CT molecular complexity index is 459. The van der Waals surface area contributed by atoms with Gasteiger partial charge in [-0.25, -0.2) is 4.68 Å². The lowest BCUT2D eigenvalue weighted by molar-refractivity contribution is 0.890. The molecule has 4 heteroatoms. The molecule has 4 nitrogen and oxygen atoms in total. The van der Waals surface area contributed by atoms with Gasteiger partial charge in [-0.15, -0.1) is 0 Å². The molecule has 0 saturated heterocycles. The van der Waals surface area contributed by atoms with Crippen molar-refractivity contribution in [3.63, 3.8) is 0 Å². The number of hydrogen-bond donors (Lipinski definition) is 2. The van der Waals surface area contributed by atoms with Gasteiger partial charge in [0, 0.05) is 0 Å². The molecular weight excluding hydrogens is 176 g/mol. The summed E-state index contributed by atoms with van der Waals surface area (Å²) in [7, 11) is 0. The summed E-state index contributed by atoms with van der Waals surface area (Å²) in [5.41, 5.74) is 14.0. The van der Waals surface area contributed by atoms with Crippen LogP contribution in [0.15, 0.2) is 30.5 Å². The molecule has 0 aliphatic carbocycles. The van der Waals surface area contributed by atoms with Crippen molar-refractivity contribution in [3.05, 3.63) is 36.0 Å². The molecule has 1 aromatic carbocycles. The molecule has 2 aromatic rings. The maximum absolute atomic E-state index is 5.76. The summed E-state index contributed by atoms with van der Waals surface area (Å²) in [4.78, 5) is 0. The predicted octanol–water partition coefficient (Wildman–Crippen LogP) is 1.35. The zero-order chi connectivity index (χ0) is 10.1. The number of hydrogen-bond acceptors (Lipinski definition) is 3. The summed E-state index contributed by atoms with van der Waals surface area (Å²) in [5, 5.41) is 4.09. The van der Waals surface area contributed by atoms with Gasteiger partial charge in [0.15, 0.2) is 0 Å². The van der Waals surface area contributed by atoms with Crippen LogP contribution in [0.2, 0.25) is 0 Å². The fourth-order valence-electron chi connectivity index (χ4n) is 1.34. The number of nitrogen functional groups attached to an aromatic ring is 2. The van der Waals surface area contributed by atoms with Crippen molar-refractivity contribution in [2.75, 3.05) is 11.5 Å². The van der Waals surface area contributed by atoms with Crippen LogP contribution in [0, 0.1) is 6.92 Å². The SMILES string of the molecule is Cc1cccc(-n2ncc(N)c2N)c1. The van der Waals surface area contributed by atoms with Crippen molar-refractivity contribution in [2.45, 2.75) is 6.92 Å². The van der Waals surface area contributed by atoms with Gasteiger partial charge in [0.2, 0.25) is 0 Å². The van der Waals surface area contributed by atoms with Crippen molar-refractivity contribution in [1.29, 1.82) is 0 Å². The molecule has 0 fully saturated rings. The second-order valence-electron chi connectivity index (χ2n) is 3.24. The molecule has 1 aromatic heterocycles. The molecule has 2 rings (SSSR count). The van der Waals surface area contributed by atoms with E-state index in [0.717, 1.165) is 11.3 Å². The maximum Gasteiger partial charge on any atom is 0.150 e. The highest BCUT2D eigenvalue weighted by molar-refractivity contribution is 5.60. The van der Waals surface area contributed by atoms with Crippen molar-refractivity contribution < 1.29 is 0 Å². The minimum atomic E-state index is 0.482. The average molecular weight is 188 g/mol. The minimum absolute atomic E-state index is 0.482. The van der Waals surface area contributed by atoms with E-state index < -0.39 is 0 Å². The van der Waals surface area contributed by atoms with E-state index in [1.54, 1.807) is 10.9 Å². The van der Waals surface area contributed by atoms with E-state index >= 15 is 0 Å². The quantitative estimate of drug-likeness (QED) is 0.709. The number of anilines is 2. The molecular formula is C10H12N4. The summed E-state index contributed by atoms with van der Waals surface area (Å²) in [6, 6.07) is 7.92. The standard InChI is InChI=1S/C10H12N4/c1-7-3-2-4-8(5-7)14-10(12)9(11)6-13-14/h2-6H,11-12H2,1H3. The summed E-state index contributed by atoms with van der Waals surface area (Å²) in [6.45, 7) is 2.02. The van der Waals surface area contributed by atoms with Crippen LogP contribution in [-0.2, 0) is 0 Å². The molecule has 0 radical (unpaired) electrons. The third kappa shape index (κ3) is 1.31. The fourth-order valence-corrected chi connectivity index (χ4v) is 1.34. The molecule has 14 heavy (non-hydrogen) atoms. The topological polar surface area (TPSA) is 69.9 Å². The van der Waals surface area contributed by atoms with E-state index in [1.165, 1.54) is 0 Å². The van der Waals surface area contributed by atoms with Crippen LogP contribution in [0.4, 0.5) is 11.5 Å². The van der Waals surface area contributed by atoms with Gasteiger partial charge >= 0.3 is 0 Å². The van der Waals surface area contributed by atoms with Gasteiger partial charge in [0.05, 0.1) is 17.6 Å². The Balaban J connectivity index is 2.55. The zero-order valence-corrected chi connectivity index (χ0v) is 7.94. The average Bonchev–Trinajstić information content (AvgIpc) is 2.48. The number of benzene rings is 1. The van der Waals surface area contributed by atoms with E-state index in [2.05, 4.69) is 5.10 Å². The largest absolute Gasteiger partial charge is 0.394 e. The molecule has 72 valence electrons. The Labute approximate surface area is 82.1 Å². The first-order valence-corrected chi connectivity index (χ1v) is 4.34. The summed E-state index contributed by atoms with van der Waals surface area (Å²) >= 11 is 0. The van der Waals surface area contributed by atoms with Gasteiger partial charge in [-0.2, -0.15) is 5.10 Å². The van der Waals surface area contributed by atoms with Gasteiger partial charge < -0.3 is 11.5 Å². The van der Waals surface area contributed by atoms with Gasteiger partial charge in [-0.05, 0) is 24.6 Å². The molecule has 4 N–H and O–H groups in total. The van der Waals surface area contributed by atoms with Crippen molar-refractivity contribution in [3.8, 4) is 5.69 Å². The van der Waals surface area contributed by atoms with E-state index in [-0.39, 0.29) is 0 Å². The lowest BCUT2D eigenvalue weighted by atomic mass is 10.2. The summed E-state index contributed by atoms with van der Waals surface area (Å²) in [5.74, 6) is 0.482. The van der Waals surface area contributed by atoms with Crippen LogP contribution in [0.1, 0.15) is 5.56 Å². The van der Waals surface area contributed by atoms with Gasteiger partial charge in [-0.1, -0.05) is 12.1 Å². The highest BCUT2D eigenvalue weighted by Crippen LogP contribution is 2.18. The monoisotopic (exact) mass is 188 g/mol. The zero-order valence-electron chi connectivity index (χ0n) is 7.94. The summed E-state index contributed by atoms with van der Waals surface area (Å²) < 4.78 is 1.63. The molecule has 0 unspecified atom stereocenters. The second-order valence-corrected chi connectivity index (χ2v) is 3.24. The number of aromatic nitrogens is 2. The van der Waals surface area contributed by atoms with Crippen LogP contribution < -0.4 is 11.5 Å². The number of aryl methyl sites for hydroxylation is 1. The molecule has 0 amide bonds. The highest BCUT2D eigenvalue weighted by Gasteiger charge is 2.05. The van der Waals surface area contributed by atoms with E-state index in [0.29, 0.717) is 11.5 Å². The number of rotatable bonds is 1. The van der Waals surface area contributed by atoms with Crippen LogP contribution in [0.25, 0.3) is 5.69 Å². The van der Waals surface area contributed by atoms with Crippen LogP contribution >= 0.6 is 0 Å². The van der Waals surface area contributed by atoms with Crippen LogP contribution in [0.3, 0.4) is 0 Å². The van der Waals surface area contributed by atoms with Gasteiger partial charge in [0.1, 0.15) is 5.82 Å². The second kappa shape index (κ2) is 3.06. The highest BCUT2D eigenvalue weighted by atomic mass is 15.3. The summed E-state index contributed by atoms with van der Waals surface area (Å²) in [6.07, 6.45) is 1.55.